The van der Waals surface area contributed by atoms with Crippen LogP contribution >= 0.6 is 34.5 Å². The van der Waals surface area contributed by atoms with E-state index in [1.165, 1.54) is 11.3 Å². The molecule has 84 valence electrons. The van der Waals surface area contributed by atoms with E-state index < -0.39 is 0 Å². The molecule has 0 amide bonds. The van der Waals surface area contributed by atoms with Gasteiger partial charge >= 0.3 is 0 Å². The van der Waals surface area contributed by atoms with E-state index in [-0.39, 0.29) is 0 Å². The van der Waals surface area contributed by atoms with Crippen molar-refractivity contribution in [1.29, 1.82) is 0 Å². The number of nitrogens with zero attached hydrogens (tertiary/aromatic N) is 2. The average Bonchev–Trinajstić information content (AvgIpc) is 2.64. The number of nitrogens with two attached hydrogens (primary N) is 1. The fraction of sp³-hybridized carbons (Fsp3) is 0.111. The lowest BCUT2D eigenvalue weighted by Gasteiger charge is -2.02. The Balaban J connectivity index is 2.19. The molecule has 16 heavy (non-hydrogen) atoms. The molecule has 2 aromatic rings. The average molecular weight is 275 g/mol. The van der Waals surface area contributed by atoms with Crippen molar-refractivity contribution in [2.24, 2.45) is 5.73 Å². The summed E-state index contributed by atoms with van der Waals surface area (Å²) in [5.41, 5.74) is 6.22. The summed E-state index contributed by atoms with van der Waals surface area (Å²) in [6, 6.07) is 5.19. The Labute approximate surface area is 106 Å². The van der Waals surface area contributed by atoms with E-state index in [2.05, 4.69) is 15.5 Å². The van der Waals surface area contributed by atoms with Gasteiger partial charge in [-0.05, 0) is 18.2 Å². The van der Waals surface area contributed by atoms with Crippen LogP contribution in [0.25, 0.3) is 0 Å². The standard InChI is InChI=1S/C9H8Cl2N4S/c10-5-1-6(11)3-7(2-5)13-9-15-14-8(4-12)16-9/h1-3H,4,12H2,(H,13,15). The first-order chi connectivity index (χ1) is 7.67. The largest absolute Gasteiger partial charge is 0.330 e. The molecule has 0 saturated carbocycles. The highest BCUT2D eigenvalue weighted by atomic mass is 35.5. The molecule has 0 atom stereocenters. The zero-order chi connectivity index (χ0) is 11.5. The van der Waals surface area contributed by atoms with E-state index in [0.717, 1.165) is 10.7 Å². The number of benzene rings is 1. The van der Waals surface area contributed by atoms with Crippen molar-refractivity contribution in [1.82, 2.24) is 10.2 Å². The molecule has 3 N–H and O–H groups in total. The predicted molar refractivity (Wildman–Crippen MR) is 67.5 cm³/mol. The Morgan fingerprint density at radius 3 is 2.44 bits per heavy atom. The van der Waals surface area contributed by atoms with Gasteiger partial charge in [0.15, 0.2) is 0 Å². The lowest BCUT2D eigenvalue weighted by molar-refractivity contribution is 0.960. The van der Waals surface area contributed by atoms with Crippen molar-refractivity contribution in [3.8, 4) is 0 Å². The van der Waals surface area contributed by atoms with Crippen LogP contribution in [0.1, 0.15) is 5.01 Å². The monoisotopic (exact) mass is 274 g/mol. The Bertz CT molecular complexity index is 480. The molecule has 0 aliphatic rings. The third-order valence-corrected chi connectivity index (χ3v) is 3.05. The highest BCUT2D eigenvalue weighted by Gasteiger charge is 2.04. The van der Waals surface area contributed by atoms with Crippen molar-refractivity contribution < 1.29 is 0 Å². The molecule has 0 unspecified atom stereocenters. The molecule has 0 radical (unpaired) electrons. The lowest BCUT2D eigenvalue weighted by Crippen LogP contribution is -1.94. The molecular formula is C9H8Cl2N4S. The molecule has 2 rings (SSSR count). The van der Waals surface area contributed by atoms with Crippen LogP contribution in [0.15, 0.2) is 18.2 Å². The van der Waals surface area contributed by atoms with E-state index >= 15 is 0 Å². The highest BCUT2D eigenvalue weighted by molar-refractivity contribution is 7.15. The van der Waals surface area contributed by atoms with E-state index in [9.17, 15) is 0 Å². The first-order valence-corrected chi connectivity index (χ1v) is 6.00. The zero-order valence-electron chi connectivity index (χ0n) is 8.08. The maximum absolute atomic E-state index is 5.87. The SMILES string of the molecule is NCc1nnc(Nc2cc(Cl)cc(Cl)c2)s1. The van der Waals surface area contributed by atoms with Crippen molar-refractivity contribution in [2.75, 3.05) is 5.32 Å². The first kappa shape index (κ1) is 11.6. The molecule has 0 aliphatic carbocycles. The summed E-state index contributed by atoms with van der Waals surface area (Å²) in [6.45, 7) is 0.385. The van der Waals surface area contributed by atoms with Gasteiger partial charge in [-0.3, -0.25) is 0 Å². The van der Waals surface area contributed by atoms with E-state index in [1.54, 1.807) is 18.2 Å². The maximum Gasteiger partial charge on any atom is 0.210 e. The molecule has 7 heteroatoms. The smallest absolute Gasteiger partial charge is 0.210 e. The van der Waals surface area contributed by atoms with Crippen LogP contribution in [0.3, 0.4) is 0 Å². The quantitative estimate of drug-likeness (QED) is 0.903. The van der Waals surface area contributed by atoms with Gasteiger partial charge in [0.2, 0.25) is 5.13 Å². The van der Waals surface area contributed by atoms with Crippen molar-refractivity contribution in [2.45, 2.75) is 6.54 Å². The number of aromatic nitrogens is 2. The second-order valence-electron chi connectivity index (χ2n) is 2.99. The van der Waals surface area contributed by atoms with Gasteiger partial charge < -0.3 is 11.1 Å². The second-order valence-corrected chi connectivity index (χ2v) is 4.92. The van der Waals surface area contributed by atoms with Gasteiger partial charge in [0.25, 0.3) is 0 Å². The minimum atomic E-state index is 0.385. The normalized spacial score (nSPS) is 10.4. The number of hydrogen-bond acceptors (Lipinski definition) is 5. The summed E-state index contributed by atoms with van der Waals surface area (Å²) in [5, 5.41) is 13.5. The first-order valence-electron chi connectivity index (χ1n) is 4.43. The van der Waals surface area contributed by atoms with Gasteiger partial charge in [-0.2, -0.15) is 0 Å². The maximum atomic E-state index is 5.87. The number of hydrogen-bond donors (Lipinski definition) is 2. The van der Waals surface area contributed by atoms with Crippen LogP contribution < -0.4 is 11.1 Å². The molecule has 1 aromatic carbocycles. The van der Waals surface area contributed by atoms with Crippen LogP contribution in [0.2, 0.25) is 10.0 Å². The molecule has 0 aliphatic heterocycles. The molecule has 0 spiro atoms. The summed E-state index contributed by atoms with van der Waals surface area (Å²) in [5.74, 6) is 0. The number of anilines is 2. The number of rotatable bonds is 3. The zero-order valence-corrected chi connectivity index (χ0v) is 10.4. The Morgan fingerprint density at radius 1 is 1.19 bits per heavy atom. The van der Waals surface area contributed by atoms with Crippen LogP contribution in [0.5, 0.6) is 0 Å². The predicted octanol–water partition coefficient (Wildman–Crippen LogP) is 3.05. The van der Waals surface area contributed by atoms with Crippen LogP contribution in [0, 0.1) is 0 Å². The molecule has 1 heterocycles. The van der Waals surface area contributed by atoms with Gasteiger partial charge in [0, 0.05) is 22.3 Å². The van der Waals surface area contributed by atoms with Gasteiger partial charge in [0.05, 0.1) is 0 Å². The van der Waals surface area contributed by atoms with Crippen LogP contribution in [-0.2, 0) is 6.54 Å². The Morgan fingerprint density at radius 2 is 1.88 bits per heavy atom. The summed E-state index contributed by atoms with van der Waals surface area (Å²) >= 11 is 13.1. The molecule has 0 bridgehead atoms. The molecule has 0 fully saturated rings. The molecular weight excluding hydrogens is 267 g/mol. The molecule has 4 nitrogen and oxygen atoms in total. The third-order valence-electron chi connectivity index (χ3n) is 1.76. The van der Waals surface area contributed by atoms with Gasteiger partial charge in [-0.25, -0.2) is 0 Å². The minimum Gasteiger partial charge on any atom is -0.330 e. The van der Waals surface area contributed by atoms with Gasteiger partial charge in [-0.1, -0.05) is 34.5 Å². The lowest BCUT2D eigenvalue weighted by atomic mass is 10.3. The third kappa shape index (κ3) is 2.82. The van der Waals surface area contributed by atoms with Crippen LogP contribution in [0.4, 0.5) is 10.8 Å². The molecule has 1 aromatic heterocycles. The van der Waals surface area contributed by atoms with Crippen LogP contribution in [-0.4, -0.2) is 10.2 Å². The highest BCUT2D eigenvalue weighted by Crippen LogP contribution is 2.26. The summed E-state index contributed by atoms with van der Waals surface area (Å²) in [4.78, 5) is 0. The summed E-state index contributed by atoms with van der Waals surface area (Å²) < 4.78 is 0. The minimum absolute atomic E-state index is 0.385. The summed E-state index contributed by atoms with van der Waals surface area (Å²) in [6.07, 6.45) is 0. The fourth-order valence-electron chi connectivity index (χ4n) is 1.14. The Kier molecular flexibility index (Phi) is 3.60. The molecule has 0 saturated heterocycles. The van der Waals surface area contributed by atoms with E-state index in [0.29, 0.717) is 21.7 Å². The van der Waals surface area contributed by atoms with E-state index in [1.807, 2.05) is 0 Å². The second kappa shape index (κ2) is 4.97. The van der Waals surface area contributed by atoms with Gasteiger partial charge in [0.1, 0.15) is 5.01 Å². The van der Waals surface area contributed by atoms with Crippen molar-refractivity contribution in [3.63, 3.8) is 0 Å². The summed E-state index contributed by atoms with van der Waals surface area (Å²) in [7, 11) is 0. The van der Waals surface area contributed by atoms with Crippen molar-refractivity contribution >= 4 is 45.4 Å². The van der Waals surface area contributed by atoms with E-state index in [4.69, 9.17) is 28.9 Å². The van der Waals surface area contributed by atoms with Gasteiger partial charge in [-0.15, -0.1) is 10.2 Å². The topological polar surface area (TPSA) is 63.8 Å². The Hall–Kier alpha value is -0.880. The fourth-order valence-corrected chi connectivity index (χ4v) is 2.30. The number of halogens is 2. The van der Waals surface area contributed by atoms with Crippen molar-refractivity contribution in [3.05, 3.63) is 33.3 Å². The number of nitrogens with one attached hydrogen (secondary N) is 1.